The molecule has 6 heteroatoms. The van der Waals surface area contributed by atoms with Crippen molar-refractivity contribution in [3.8, 4) is 0 Å². The molecule has 0 radical (unpaired) electrons. The summed E-state index contributed by atoms with van der Waals surface area (Å²) in [6, 6.07) is 12.4. The molecule has 1 saturated heterocycles. The average molecular weight is 398 g/mol. The summed E-state index contributed by atoms with van der Waals surface area (Å²) in [4.78, 5) is 26.6. The van der Waals surface area contributed by atoms with Crippen molar-refractivity contribution in [1.82, 2.24) is 10.2 Å². The fourth-order valence-electron chi connectivity index (χ4n) is 3.46. The number of nitrogens with one attached hydrogen (secondary N) is 1. The Kier molecular flexibility index (Phi) is 6.75. The largest absolute Gasteiger partial charge is 0.349 e. The van der Waals surface area contributed by atoms with E-state index in [9.17, 15) is 18.4 Å². The number of amides is 2. The molecule has 1 fully saturated rings. The molecule has 1 aliphatic heterocycles. The second kappa shape index (κ2) is 9.45. The van der Waals surface area contributed by atoms with Gasteiger partial charge in [0.05, 0.1) is 6.04 Å². The summed E-state index contributed by atoms with van der Waals surface area (Å²) >= 11 is 0. The number of halogens is 2. The van der Waals surface area contributed by atoms with Gasteiger partial charge in [0.15, 0.2) is 0 Å². The fraction of sp³-hybridized carbons (Fsp3) is 0.304. The van der Waals surface area contributed by atoms with Crippen LogP contribution in [0.3, 0.4) is 0 Å². The van der Waals surface area contributed by atoms with Crippen LogP contribution in [0.5, 0.6) is 0 Å². The predicted molar refractivity (Wildman–Crippen MR) is 108 cm³/mol. The topological polar surface area (TPSA) is 49.4 Å². The smallest absolute Gasteiger partial charge is 0.246 e. The quantitative estimate of drug-likeness (QED) is 0.771. The van der Waals surface area contributed by atoms with Gasteiger partial charge in [0.1, 0.15) is 11.6 Å². The van der Waals surface area contributed by atoms with Gasteiger partial charge in [-0.3, -0.25) is 9.59 Å². The van der Waals surface area contributed by atoms with Crippen molar-refractivity contribution in [3.05, 3.63) is 77.4 Å². The van der Waals surface area contributed by atoms with Gasteiger partial charge in [0.25, 0.3) is 0 Å². The average Bonchev–Trinajstić information content (AvgIpc) is 2.72. The Morgan fingerprint density at radius 1 is 1.10 bits per heavy atom. The number of hydrogen-bond acceptors (Lipinski definition) is 2. The standard InChI is InChI=1S/C23H24F2N2O2/c1-16(20-9-8-19(24)15-21(20)25)26-23(29)18-11-13-27(14-12-18)22(28)10-7-17-5-3-2-4-6-17/h2-10,15-16,18H,11-14H2,1H3,(H,26,29). The number of piperidine rings is 1. The van der Waals surface area contributed by atoms with E-state index in [0.29, 0.717) is 25.9 Å². The Morgan fingerprint density at radius 2 is 1.79 bits per heavy atom. The SMILES string of the molecule is CC(NC(=O)C1CCN(C(=O)C=Cc2ccccc2)CC1)c1ccc(F)cc1F. The highest BCUT2D eigenvalue weighted by Gasteiger charge is 2.27. The van der Waals surface area contributed by atoms with Crippen molar-refractivity contribution in [1.29, 1.82) is 0 Å². The van der Waals surface area contributed by atoms with Crippen molar-refractivity contribution in [3.63, 3.8) is 0 Å². The van der Waals surface area contributed by atoms with E-state index < -0.39 is 17.7 Å². The number of benzene rings is 2. The molecule has 152 valence electrons. The molecule has 1 N–H and O–H groups in total. The minimum absolute atomic E-state index is 0.0746. The van der Waals surface area contributed by atoms with Crippen LogP contribution in [-0.4, -0.2) is 29.8 Å². The van der Waals surface area contributed by atoms with Crippen molar-refractivity contribution in [2.75, 3.05) is 13.1 Å². The van der Waals surface area contributed by atoms with Crippen LogP contribution in [0, 0.1) is 17.6 Å². The van der Waals surface area contributed by atoms with Crippen LogP contribution < -0.4 is 5.32 Å². The molecule has 2 aromatic carbocycles. The molecule has 1 atom stereocenters. The van der Waals surface area contributed by atoms with Gasteiger partial charge < -0.3 is 10.2 Å². The van der Waals surface area contributed by atoms with Crippen molar-refractivity contribution in [2.45, 2.75) is 25.8 Å². The van der Waals surface area contributed by atoms with Crippen molar-refractivity contribution >= 4 is 17.9 Å². The zero-order valence-corrected chi connectivity index (χ0v) is 16.3. The van der Waals surface area contributed by atoms with E-state index in [1.807, 2.05) is 30.3 Å². The molecule has 4 nitrogen and oxygen atoms in total. The summed E-state index contributed by atoms with van der Waals surface area (Å²) in [5.41, 5.74) is 1.20. The molecule has 29 heavy (non-hydrogen) atoms. The molecule has 1 aliphatic rings. The molecule has 2 aromatic rings. The van der Waals surface area contributed by atoms with E-state index in [0.717, 1.165) is 11.6 Å². The Bertz CT molecular complexity index is 891. The molecule has 1 unspecified atom stereocenters. The summed E-state index contributed by atoms with van der Waals surface area (Å²) in [6.45, 7) is 2.66. The lowest BCUT2D eigenvalue weighted by Crippen LogP contribution is -2.43. The van der Waals surface area contributed by atoms with E-state index in [4.69, 9.17) is 0 Å². The van der Waals surface area contributed by atoms with Crippen LogP contribution in [0.15, 0.2) is 54.6 Å². The third kappa shape index (κ3) is 5.50. The maximum atomic E-state index is 13.9. The first-order chi connectivity index (χ1) is 13.9. The number of carbonyl (C=O) groups is 2. The van der Waals surface area contributed by atoms with Crippen molar-refractivity contribution < 1.29 is 18.4 Å². The van der Waals surface area contributed by atoms with E-state index in [-0.39, 0.29) is 23.3 Å². The molecule has 3 rings (SSSR count). The van der Waals surface area contributed by atoms with Crippen LogP contribution in [0.1, 0.15) is 36.9 Å². The minimum Gasteiger partial charge on any atom is -0.349 e. The Morgan fingerprint density at radius 3 is 2.45 bits per heavy atom. The van der Waals surface area contributed by atoms with Gasteiger partial charge in [-0.2, -0.15) is 0 Å². The third-order valence-electron chi connectivity index (χ3n) is 5.18. The third-order valence-corrected chi connectivity index (χ3v) is 5.18. The summed E-state index contributed by atoms with van der Waals surface area (Å²) in [5, 5.41) is 2.80. The minimum atomic E-state index is -0.677. The van der Waals surface area contributed by atoms with Crippen LogP contribution in [0.4, 0.5) is 8.78 Å². The Hall–Kier alpha value is -3.02. The highest BCUT2D eigenvalue weighted by molar-refractivity contribution is 5.92. The number of hydrogen-bond donors (Lipinski definition) is 1. The fourth-order valence-corrected chi connectivity index (χ4v) is 3.46. The predicted octanol–water partition coefficient (Wildman–Crippen LogP) is 4.09. The monoisotopic (exact) mass is 398 g/mol. The first-order valence-electron chi connectivity index (χ1n) is 9.71. The molecule has 0 aromatic heterocycles. The van der Waals surface area contributed by atoms with Gasteiger partial charge in [0, 0.05) is 36.7 Å². The van der Waals surface area contributed by atoms with Gasteiger partial charge in [-0.1, -0.05) is 36.4 Å². The van der Waals surface area contributed by atoms with Gasteiger partial charge in [-0.05, 0) is 37.5 Å². The van der Waals surface area contributed by atoms with E-state index >= 15 is 0 Å². The number of likely N-dealkylation sites (tertiary alicyclic amines) is 1. The Labute approximate surface area is 169 Å². The lowest BCUT2D eigenvalue weighted by atomic mass is 9.95. The van der Waals surface area contributed by atoms with E-state index in [1.54, 1.807) is 24.0 Å². The number of nitrogens with zero attached hydrogens (tertiary/aromatic N) is 1. The number of carbonyl (C=O) groups excluding carboxylic acids is 2. The molecule has 0 bridgehead atoms. The van der Waals surface area contributed by atoms with E-state index in [2.05, 4.69) is 5.32 Å². The Balaban J connectivity index is 1.50. The maximum absolute atomic E-state index is 13.9. The highest BCUT2D eigenvalue weighted by Crippen LogP contribution is 2.22. The van der Waals surface area contributed by atoms with Gasteiger partial charge in [-0.25, -0.2) is 8.78 Å². The second-order valence-electron chi connectivity index (χ2n) is 7.24. The van der Waals surface area contributed by atoms with Gasteiger partial charge in [0.2, 0.25) is 11.8 Å². The second-order valence-corrected chi connectivity index (χ2v) is 7.24. The molecule has 2 amide bonds. The van der Waals surface area contributed by atoms with Crippen molar-refractivity contribution in [2.24, 2.45) is 5.92 Å². The van der Waals surface area contributed by atoms with Crippen LogP contribution in [0.2, 0.25) is 0 Å². The highest BCUT2D eigenvalue weighted by atomic mass is 19.1. The molecule has 0 aliphatic carbocycles. The molecular weight excluding hydrogens is 374 g/mol. The van der Waals surface area contributed by atoms with E-state index in [1.165, 1.54) is 12.1 Å². The lowest BCUT2D eigenvalue weighted by molar-refractivity contribution is -0.132. The first-order valence-corrected chi connectivity index (χ1v) is 9.71. The molecule has 0 saturated carbocycles. The van der Waals surface area contributed by atoms with Crippen LogP contribution in [0.25, 0.3) is 6.08 Å². The summed E-state index contributed by atoms with van der Waals surface area (Å²) < 4.78 is 26.9. The summed E-state index contributed by atoms with van der Waals surface area (Å²) in [5.74, 6) is -1.81. The van der Waals surface area contributed by atoms with Crippen LogP contribution >= 0.6 is 0 Å². The summed E-state index contributed by atoms with van der Waals surface area (Å²) in [6.07, 6.45) is 4.43. The molecular formula is C23H24F2N2O2. The first kappa shape index (κ1) is 20.7. The zero-order valence-electron chi connectivity index (χ0n) is 16.3. The van der Waals surface area contributed by atoms with Gasteiger partial charge >= 0.3 is 0 Å². The van der Waals surface area contributed by atoms with Crippen LogP contribution in [-0.2, 0) is 9.59 Å². The molecule has 1 heterocycles. The zero-order chi connectivity index (χ0) is 20.8. The molecule has 0 spiro atoms. The number of rotatable bonds is 5. The normalized spacial score (nSPS) is 16.0. The lowest BCUT2D eigenvalue weighted by Gasteiger charge is -2.31. The maximum Gasteiger partial charge on any atom is 0.246 e. The summed E-state index contributed by atoms with van der Waals surface area (Å²) in [7, 11) is 0. The van der Waals surface area contributed by atoms with Gasteiger partial charge in [-0.15, -0.1) is 0 Å².